The van der Waals surface area contributed by atoms with Gasteiger partial charge in [0, 0.05) is 6.42 Å². The van der Waals surface area contributed by atoms with Crippen molar-refractivity contribution in [3.63, 3.8) is 0 Å². The highest BCUT2D eigenvalue weighted by atomic mass is 16.7. The number of allylic oxidation sites excluding steroid dienone is 25. The summed E-state index contributed by atoms with van der Waals surface area (Å²) in [5.74, 6) is -0.268. The minimum absolute atomic E-state index is 0.242. The van der Waals surface area contributed by atoms with Crippen LogP contribution in [0.4, 0.5) is 0 Å². The SMILES string of the molecule is CC/C=C\C/C=C\C/C=C\C/C=C\C/C=C\C/C=C\C/C=C\C/C=C\C/C=C\C/C=C\C/C=C\C/C=C\CCCCCCC(=O)NC(COC1OC(CO)C(OC2OC(CO)C(O)C(O)C2O)C(O)C1O)C(O)/C=C/CCCCCCCCCCCCCCCCCCCC. The molecule has 12 atom stereocenters. The molecule has 0 aliphatic carbocycles. The van der Waals surface area contributed by atoms with Crippen molar-refractivity contribution in [3.05, 3.63) is 158 Å². The van der Waals surface area contributed by atoms with E-state index >= 15 is 0 Å². The lowest BCUT2D eigenvalue weighted by molar-refractivity contribution is -0.359. The quantitative estimate of drug-likeness (QED) is 0.0204. The average molecular weight is 1330 g/mol. The molecule has 9 N–H and O–H groups in total. The Hall–Kier alpha value is -4.39. The predicted molar refractivity (Wildman–Crippen MR) is 391 cm³/mol. The van der Waals surface area contributed by atoms with Crippen molar-refractivity contribution in [2.24, 2.45) is 0 Å². The highest BCUT2D eigenvalue weighted by molar-refractivity contribution is 5.76. The number of nitrogens with one attached hydrogen (secondary N) is 1. The van der Waals surface area contributed by atoms with Crippen LogP contribution in [0, 0.1) is 0 Å². The van der Waals surface area contributed by atoms with Gasteiger partial charge in [-0.1, -0.05) is 294 Å². The molecule has 0 saturated carbocycles. The maximum atomic E-state index is 13.3. The van der Waals surface area contributed by atoms with E-state index in [-0.39, 0.29) is 18.9 Å². The summed E-state index contributed by atoms with van der Waals surface area (Å²) >= 11 is 0. The first-order chi connectivity index (χ1) is 46.6. The third-order valence-corrected chi connectivity index (χ3v) is 17.0. The van der Waals surface area contributed by atoms with Crippen LogP contribution < -0.4 is 5.32 Å². The Morgan fingerprint density at radius 2 is 0.726 bits per heavy atom. The minimum Gasteiger partial charge on any atom is -0.394 e. The van der Waals surface area contributed by atoms with E-state index in [1.54, 1.807) is 6.08 Å². The Kier molecular flexibility index (Phi) is 57.6. The Bertz CT molecular complexity index is 2210. The van der Waals surface area contributed by atoms with E-state index in [0.29, 0.717) is 6.42 Å². The van der Waals surface area contributed by atoms with Crippen LogP contribution in [-0.2, 0) is 23.7 Å². The molecule has 2 aliphatic rings. The Balaban J connectivity index is 1.66. The van der Waals surface area contributed by atoms with Crippen LogP contribution >= 0.6 is 0 Å². The first-order valence-corrected chi connectivity index (χ1v) is 37.2. The summed E-state index contributed by atoms with van der Waals surface area (Å²) in [5.41, 5.74) is 0. The van der Waals surface area contributed by atoms with Crippen molar-refractivity contribution in [1.82, 2.24) is 5.32 Å². The number of carbonyl (C=O) groups is 1. The van der Waals surface area contributed by atoms with Crippen LogP contribution in [0.25, 0.3) is 0 Å². The molecule has 14 heteroatoms. The fourth-order valence-corrected chi connectivity index (χ4v) is 11.1. The zero-order valence-electron chi connectivity index (χ0n) is 58.8. The van der Waals surface area contributed by atoms with E-state index in [2.05, 4.69) is 165 Å². The summed E-state index contributed by atoms with van der Waals surface area (Å²) in [4.78, 5) is 13.3. The summed E-state index contributed by atoms with van der Waals surface area (Å²) in [6.45, 7) is 2.67. The van der Waals surface area contributed by atoms with Crippen molar-refractivity contribution in [1.29, 1.82) is 0 Å². The van der Waals surface area contributed by atoms with Gasteiger partial charge in [0.15, 0.2) is 12.6 Å². The molecule has 14 nitrogen and oxygen atoms in total. The van der Waals surface area contributed by atoms with Gasteiger partial charge >= 0.3 is 0 Å². The van der Waals surface area contributed by atoms with Crippen LogP contribution in [-0.4, -0.2) is 140 Å². The number of unbranched alkanes of at least 4 members (excludes halogenated alkanes) is 22. The second-order valence-electron chi connectivity index (χ2n) is 25.3. The van der Waals surface area contributed by atoms with Crippen molar-refractivity contribution >= 4 is 5.91 Å². The monoisotopic (exact) mass is 1330 g/mol. The van der Waals surface area contributed by atoms with E-state index in [0.717, 1.165) is 122 Å². The molecule has 12 unspecified atom stereocenters. The molecular formula is C81H133NO13. The maximum Gasteiger partial charge on any atom is 0.220 e. The van der Waals surface area contributed by atoms with Crippen molar-refractivity contribution in [3.8, 4) is 0 Å². The van der Waals surface area contributed by atoms with Crippen molar-refractivity contribution in [2.45, 2.75) is 325 Å². The molecule has 0 aromatic heterocycles. The van der Waals surface area contributed by atoms with Gasteiger partial charge in [-0.25, -0.2) is 0 Å². The fourth-order valence-electron chi connectivity index (χ4n) is 11.1. The molecule has 1 amide bonds. The van der Waals surface area contributed by atoms with Crippen LogP contribution in [0.2, 0.25) is 0 Å². The molecule has 95 heavy (non-hydrogen) atoms. The molecule has 2 fully saturated rings. The lowest BCUT2D eigenvalue weighted by atomic mass is 9.97. The van der Waals surface area contributed by atoms with Gasteiger partial charge in [-0.2, -0.15) is 0 Å². The van der Waals surface area contributed by atoms with Gasteiger partial charge in [0.05, 0.1) is 32.0 Å². The van der Waals surface area contributed by atoms with Gasteiger partial charge in [-0.05, 0) is 109 Å². The molecule has 540 valence electrons. The number of aliphatic hydroxyl groups excluding tert-OH is 8. The third kappa shape index (κ3) is 46.5. The van der Waals surface area contributed by atoms with E-state index in [1.807, 2.05) is 6.08 Å². The molecule has 2 saturated heterocycles. The molecule has 2 heterocycles. The molecule has 0 radical (unpaired) electrons. The first kappa shape index (κ1) is 86.7. The van der Waals surface area contributed by atoms with Crippen LogP contribution in [0.15, 0.2) is 158 Å². The van der Waals surface area contributed by atoms with Gasteiger partial charge < -0.3 is 65.1 Å². The van der Waals surface area contributed by atoms with Gasteiger partial charge in [-0.3, -0.25) is 4.79 Å². The number of ether oxygens (including phenoxy) is 4. The van der Waals surface area contributed by atoms with E-state index < -0.39 is 86.8 Å². The summed E-state index contributed by atoms with van der Waals surface area (Å²) in [7, 11) is 0. The number of hydrogen-bond donors (Lipinski definition) is 9. The maximum absolute atomic E-state index is 13.3. The Morgan fingerprint density at radius 1 is 0.389 bits per heavy atom. The number of aliphatic hydroxyl groups is 8. The van der Waals surface area contributed by atoms with Crippen molar-refractivity contribution < 1.29 is 64.6 Å². The fraction of sp³-hybridized carbons (Fsp3) is 0.667. The largest absolute Gasteiger partial charge is 0.394 e. The van der Waals surface area contributed by atoms with Crippen LogP contribution in [0.1, 0.15) is 251 Å². The lowest BCUT2D eigenvalue weighted by Crippen LogP contribution is -2.65. The summed E-state index contributed by atoms with van der Waals surface area (Å²) in [6.07, 6.45) is 80.1. The number of hydrogen-bond acceptors (Lipinski definition) is 13. The van der Waals surface area contributed by atoms with Crippen molar-refractivity contribution in [2.75, 3.05) is 19.8 Å². The molecular weight excluding hydrogens is 1190 g/mol. The topological polar surface area (TPSA) is 228 Å². The number of rotatable bonds is 59. The Morgan fingerprint density at radius 3 is 1.12 bits per heavy atom. The minimum atomic E-state index is -1.80. The molecule has 0 aromatic carbocycles. The summed E-state index contributed by atoms with van der Waals surface area (Å²) in [5, 5.41) is 87.5. The van der Waals surface area contributed by atoms with Gasteiger partial charge in [0.1, 0.15) is 48.8 Å². The standard InChI is InChI=1S/C81H133NO13/c1-3-5-7-9-11-13-15-17-19-21-23-25-26-27-28-29-30-31-32-33-34-35-36-37-38-39-40-41-42-43-44-45-47-49-51-53-55-57-59-61-63-65-73(86)82-69(70(85)64-62-60-58-56-54-52-50-48-46-24-22-20-18-16-14-12-10-8-6-4-2)68-92-80-78(91)76(89)79(72(67-84)94-80)95-81-77(90)75(88)74(87)71(66-83)93-81/h5,7,11,13,17,19,23,25,27-28,30-31,33-34,36-37,39-40,42-43,45,47,51,53,62,64,69-72,74-81,83-85,87-91H,3-4,6,8-10,12,14-16,18,20-22,24,26,29,32,35,38,41,44,46,48-50,52,54-61,63,65-68H2,1-2H3,(H,82,86)/b7-5-,13-11-,19-17-,25-23-,28-27-,31-30-,34-33-,37-36-,40-39-,43-42-,47-45-,53-51-,64-62+. The molecule has 2 rings (SSSR count). The van der Waals surface area contributed by atoms with Gasteiger partial charge in [0.25, 0.3) is 0 Å². The summed E-state index contributed by atoms with van der Waals surface area (Å²) < 4.78 is 22.8. The normalized spacial score (nSPS) is 23.3. The highest BCUT2D eigenvalue weighted by Crippen LogP contribution is 2.30. The molecule has 0 bridgehead atoms. The predicted octanol–water partition coefficient (Wildman–Crippen LogP) is 16.2. The zero-order chi connectivity index (χ0) is 68.7. The van der Waals surface area contributed by atoms with Gasteiger partial charge in [-0.15, -0.1) is 0 Å². The third-order valence-electron chi connectivity index (χ3n) is 17.0. The van der Waals surface area contributed by atoms with Crippen LogP contribution in [0.3, 0.4) is 0 Å². The number of amides is 1. The molecule has 0 aromatic rings. The van der Waals surface area contributed by atoms with Gasteiger partial charge in [0.2, 0.25) is 5.91 Å². The molecule has 2 aliphatic heterocycles. The zero-order valence-corrected chi connectivity index (χ0v) is 58.8. The molecule has 0 spiro atoms. The summed E-state index contributed by atoms with van der Waals surface area (Å²) in [6, 6.07) is -0.941. The average Bonchev–Trinajstić information content (AvgIpc) is 0.897. The van der Waals surface area contributed by atoms with E-state index in [4.69, 9.17) is 18.9 Å². The van der Waals surface area contributed by atoms with E-state index in [1.165, 1.54) is 103 Å². The number of carbonyl (C=O) groups excluding carboxylic acids is 1. The lowest BCUT2D eigenvalue weighted by Gasteiger charge is -2.46. The van der Waals surface area contributed by atoms with E-state index in [9.17, 15) is 45.6 Å². The smallest absolute Gasteiger partial charge is 0.220 e. The second kappa shape index (κ2) is 63.1. The second-order valence-corrected chi connectivity index (χ2v) is 25.3. The first-order valence-electron chi connectivity index (χ1n) is 37.2. The van der Waals surface area contributed by atoms with Crippen LogP contribution in [0.5, 0.6) is 0 Å². The highest BCUT2D eigenvalue weighted by Gasteiger charge is 2.51. The Labute approximate surface area is 575 Å².